The van der Waals surface area contributed by atoms with E-state index >= 15 is 0 Å². The number of fused-ring (bicyclic) bond motifs is 1. The first-order chi connectivity index (χ1) is 5.83. The zero-order valence-corrected chi connectivity index (χ0v) is 8.55. The maximum atomic E-state index is 5.50. The summed E-state index contributed by atoms with van der Waals surface area (Å²) < 4.78 is 5.28. The number of nitrogens with two attached hydrogens (primary N) is 1. The molecule has 0 aliphatic carbocycles. The van der Waals surface area contributed by atoms with Gasteiger partial charge in [0.15, 0.2) is 0 Å². The molecule has 2 rings (SSSR count). The summed E-state index contributed by atoms with van der Waals surface area (Å²) in [5.74, 6) is 0. The Morgan fingerprint density at radius 2 is 2.33 bits per heavy atom. The second-order valence-electron chi connectivity index (χ2n) is 2.25. The molecule has 0 radical (unpaired) electrons. The lowest BCUT2D eigenvalue weighted by atomic mass is 10.3. The summed E-state index contributed by atoms with van der Waals surface area (Å²) in [5, 5.41) is 7.34. The van der Waals surface area contributed by atoms with Crippen LogP contribution in [-0.4, -0.2) is 4.37 Å². The quantitative estimate of drug-likeness (QED) is 0.566. The molecule has 2 nitrogen and oxygen atoms in total. The Hall–Kier alpha value is -0.230. The van der Waals surface area contributed by atoms with Crippen LogP contribution >= 0.6 is 36.1 Å². The van der Waals surface area contributed by atoms with Crippen LogP contribution in [0.3, 0.4) is 0 Å². The molecule has 1 aromatic heterocycles. The van der Waals surface area contributed by atoms with E-state index in [1.165, 1.54) is 23.5 Å². The molecule has 0 aliphatic rings. The molecule has 0 amide bonds. The molecule has 1 aromatic carbocycles. The van der Waals surface area contributed by atoms with Gasteiger partial charge in [0.1, 0.15) is 5.03 Å². The van der Waals surface area contributed by atoms with Crippen molar-refractivity contribution in [1.29, 1.82) is 0 Å². The maximum Gasteiger partial charge on any atom is 0.116 e. The van der Waals surface area contributed by atoms with E-state index in [9.17, 15) is 0 Å². The number of benzene rings is 1. The highest BCUT2D eigenvalue weighted by atomic mass is 32.2. The van der Waals surface area contributed by atoms with Crippen molar-refractivity contribution < 1.29 is 0 Å². The van der Waals surface area contributed by atoms with E-state index in [1.807, 2.05) is 18.2 Å². The standard InChI is InChI=1S/C7H6N2S3/c8-11-4-2-1-3-5-6(4)7(10)9-12-5/h1-3H,8H2,(H,9,10). The Kier molecular flexibility index (Phi) is 2.27. The van der Waals surface area contributed by atoms with Crippen LogP contribution in [0.15, 0.2) is 28.1 Å². The van der Waals surface area contributed by atoms with Gasteiger partial charge in [0.25, 0.3) is 0 Å². The fourth-order valence-corrected chi connectivity index (χ4v) is 2.82. The largest absolute Gasteiger partial charge is 0.274 e. The molecule has 0 unspecified atom stereocenters. The monoisotopic (exact) mass is 214 g/mol. The van der Waals surface area contributed by atoms with Crippen LogP contribution < -0.4 is 5.14 Å². The van der Waals surface area contributed by atoms with Gasteiger partial charge in [0.2, 0.25) is 0 Å². The predicted octanol–water partition coefficient (Wildman–Crippen LogP) is 2.55. The van der Waals surface area contributed by atoms with Crippen molar-refractivity contribution in [3.05, 3.63) is 18.2 Å². The first kappa shape index (κ1) is 8.37. The number of aromatic nitrogens is 1. The molecule has 0 saturated carbocycles. The summed E-state index contributed by atoms with van der Waals surface area (Å²) >= 11 is 6.94. The van der Waals surface area contributed by atoms with Crippen molar-refractivity contribution in [3.63, 3.8) is 0 Å². The number of rotatable bonds is 1. The van der Waals surface area contributed by atoms with Crippen molar-refractivity contribution >= 4 is 46.2 Å². The zero-order chi connectivity index (χ0) is 8.55. The summed E-state index contributed by atoms with van der Waals surface area (Å²) in [6, 6.07) is 5.97. The summed E-state index contributed by atoms with van der Waals surface area (Å²) in [5.41, 5.74) is 0. The first-order valence-electron chi connectivity index (χ1n) is 3.27. The van der Waals surface area contributed by atoms with Gasteiger partial charge in [-0.25, -0.2) is 0 Å². The van der Waals surface area contributed by atoms with Crippen molar-refractivity contribution in [3.8, 4) is 0 Å². The second-order valence-corrected chi connectivity index (χ2v) is 4.16. The highest BCUT2D eigenvalue weighted by Crippen LogP contribution is 2.32. The van der Waals surface area contributed by atoms with Crippen molar-refractivity contribution in [2.45, 2.75) is 9.92 Å². The van der Waals surface area contributed by atoms with Gasteiger partial charge in [-0.05, 0) is 35.6 Å². The van der Waals surface area contributed by atoms with Gasteiger partial charge < -0.3 is 0 Å². The lowest BCUT2D eigenvalue weighted by Crippen LogP contribution is -1.80. The van der Waals surface area contributed by atoms with Crippen LogP contribution in [0.2, 0.25) is 0 Å². The van der Waals surface area contributed by atoms with E-state index in [2.05, 4.69) is 17.0 Å². The normalized spacial score (nSPS) is 10.8. The van der Waals surface area contributed by atoms with Crippen LogP contribution in [0, 0.1) is 0 Å². The molecule has 0 saturated heterocycles. The molecular formula is C7H6N2S3. The molecule has 0 bridgehead atoms. The van der Waals surface area contributed by atoms with Gasteiger partial charge in [-0.15, -0.1) is 12.6 Å². The summed E-state index contributed by atoms with van der Waals surface area (Å²) in [4.78, 5) is 1.03. The van der Waals surface area contributed by atoms with Gasteiger partial charge in [-0.2, -0.15) is 4.37 Å². The van der Waals surface area contributed by atoms with Crippen LogP contribution in [-0.2, 0) is 0 Å². The smallest absolute Gasteiger partial charge is 0.116 e. The molecule has 0 spiro atoms. The number of thiol groups is 1. The van der Waals surface area contributed by atoms with Crippen molar-refractivity contribution in [2.75, 3.05) is 0 Å². The third kappa shape index (κ3) is 1.22. The van der Waals surface area contributed by atoms with Crippen LogP contribution in [0.5, 0.6) is 0 Å². The summed E-state index contributed by atoms with van der Waals surface area (Å²) in [7, 11) is 0. The second kappa shape index (κ2) is 3.26. The van der Waals surface area contributed by atoms with Gasteiger partial charge in [0.05, 0.1) is 4.70 Å². The Labute approximate surface area is 83.9 Å². The topological polar surface area (TPSA) is 38.9 Å². The van der Waals surface area contributed by atoms with Crippen LogP contribution in [0.1, 0.15) is 0 Å². The fraction of sp³-hybridized carbons (Fsp3) is 0. The minimum absolute atomic E-state index is 0.767. The van der Waals surface area contributed by atoms with Crippen molar-refractivity contribution in [2.24, 2.45) is 5.14 Å². The van der Waals surface area contributed by atoms with Gasteiger partial charge in [-0.1, -0.05) is 6.07 Å². The van der Waals surface area contributed by atoms with E-state index in [0.717, 1.165) is 20.0 Å². The Morgan fingerprint density at radius 3 is 3.08 bits per heavy atom. The number of hydrogen-bond donors (Lipinski definition) is 2. The molecular weight excluding hydrogens is 208 g/mol. The molecule has 2 N–H and O–H groups in total. The third-order valence-electron chi connectivity index (χ3n) is 1.57. The maximum absolute atomic E-state index is 5.50. The SMILES string of the molecule is NSc1cccc2snc(S)c12. The number of nitrogens with zero attached hydrogens (tertiary/aromatic N) is 1. The average Bonchev–Trinajstić information content (AvgIpc) is 2.48. The highest BCUT2D eigenvalue weighted by molar-refractivity contribution is 7.97. The molecule has 0 fully saturated rings. The summed E-state index contributed by atoms with van der Waals surface area (Å²) in [6.45, 7) is 0. The molecule has 12 heavy (non-hydrogen) atoms. The first-order valence-corrected chi connectivity index (χ1v) is 5.37. The minimum atomic E-state index is 0.767. The van der Waals surface area contributed by atoms with Gasteiger partial charge in [-0.3, -0.25) is 5.14 Å². The molecule has 62 valence electrons. The van der Waals surface area contributed by atoms with Gasteiger partial charge in [0, 0.05) is 10.3 Å². The van der Waals surface area contributed by atoms with E-state index in [0.29, 0.717) is 0 Å². The molecule has 0 atom stereocenters. The minimum Gasteiger partial charge on any atom is -0.274 e. The van der Waals surface area contributed by atoms with Crippen molar-refractivity contribution in [1.82, 2.24) is 4.37 Å². The lowest BCUT2D eigenvalue weighted by molar-refractivity contribution is 1.31. The Bertz CT molecular complexity index is 410. The van der Waals surface area contributed by atoms with E-state index < -0.39 is 0 Å². The van der Waals surface area contributed by atoms with Crippen LogP contribution in [0.25, 0.3) is 10.1 Å². The van der Waals surface area contributed by atoms with Gasteiger partial charge >= 0.3 is 0 Å². The number of hydrogen-bond acceptors (Lipinski definition) is 5. The molecule has 2 aromatic rings. The van der Waals surface area contributed by atoms with E-state index in [4.69, 9.17) is 5.14 Å². The van der Waals surface area contributed by atoms with Crippen LogP contribution in [0.4, 0.5) is 0 Å². The Morgan fingerprint density at radius 1 is 1.50 bits per heavy atom. The highest BCUT2D eigenvalue weighted by Gasteiger charge is 2.06. The molecule has 1 heterocycles. The van der Waals surface area contributed by atoms with E-state index in [-0.39, 0.29) is 0 Å². The average molecular weight is 214 g/mol. The zero-order valence-electron chi connectivity index (χ0n) is 6.02. The van der Waals surface area contributed by atoms with E-state index in [1.54, 1.807) is 0 Å². The molecule has 5 heteroatoms. The predicted molar refractivity (Wildman–Crippen MR) is 56.9 cm³/mol. The summed E-state index contributed by atoms with van der Waals surface area (Å²) in [6.07, 6.45) is 0. The third-order valence-corrected chi connectivity index (χ3v) is 3.43. The Balaban J connectivity index is 2.84. The fourth-order valence-electron chi connectivity index (χ4n) is 1.04. The molecule has 0 aliphatic heterocycles. The lowest BCUT2D eigenvalue weighted by Gasteiger charge is -1.96.